The fraction of sp³-hybridized carbons (Fsp3) is 0.333. The molecule has 1 aromatic heterocycles. The van der Waals surface area contributed by atoms with Crippen LogP contribution in [-0.4, -0.2) is 39.3 Å². The maximum absolute atomic E-state index is 12.9. The van der Waals surface area contributed by atoms with Crippen molar-refractivity contribution >= 4 is 17.5 Å². The van der Waals surface area contributed by atoms with E-state index in [1.54, 1.807) is 4.90 Å². The average Bonchev–Trinajstić information content (AvgIpc) is 2.64. The highest BCUT2D eigenvalue weighted by Crippen LogP contribution is 2.12. The lowest BCUT2D eigenvalue weighted by atomic mass is 10.2. The number of carbonyl (C=O) groups excluding carboxylic acids is 2. The van der Waals surface area contributed by atoms with E-state index in [2.05, 4.69) is 15.3 Å². The van der Waals surface area contributed by atoms with Crippen LogP contribution in [0.4, 0.5) is 10.1 Å². The first kappa shape index (κ1) is 18.5. The van der Waals surface area contributed by atoms with Crippen LogP contribution in [0.15, 0.2) is 42.9 Å². The van der Waals surface area contributed by atoms with Gasteiger partial charge in [0.1, 0.15) is 11.5 Å². The van der Waals surface area contributed by atoms with Crippen molar-refractivity contribution in [2.75, 3.05) is 11.9 Å². The molecule has 132 valence electrons. The first-order chi connectivity index (χ1) is 12.0. The number of carbonyl (C=O) groups is 2. The van der Waals surface area contributed by atoms with Gasteiger partial charge in [-0.1, -0.05) is 6.92 Å². The lowest BCUT2D eigenvalue weighted by Gasteiger charge is -2.28. The molecule has 1 atom stereocenters. The smallest absolute Gasteiger partial charge is 0.274 e. The molecule has 0 aliphatic heterocycles. The highest BCUT2D eigenvalue weighted by atomic mass is 19.1. The molecule has 2 aromatic rings. The van der Waals surface area contributed by atoms with E-state index in [-0.39, 0.29) is 42.3 Å². The van der Waals surface area contributed by atoms with Gasteiger partial charge in [-0.3, -0.25) is 14.6 Å². The lowest BCUT2D eigenvalue weighted by Crippen LogP contribution is -2.40. The summed E-state index contributed by atoms with van der Waals surface area (Å²) in [4.78, 5) is 34.3. The molecule has 6 nitrogen and oxygen atoms in total. The zero-order valence-electron chi connectivity index (χ0n) is 14.3. The summed E-state index contributed by atoms with van der Waals surface area (Å²) in [5.41, 5.74) is 0.767. The predicted octanol–water partition coefficient (Wildman–Crippen LogP) is 2.89. The predicted molar refractivity (Wildman–Crippen MR) is 92.5 cm³/mol. The molecule has 2 amide bonds. The molecule has 1 unspecified atom stereocenters. The Balaban J connectivity index is 1.98. The molecular formula is C18H21FN4O2. The van der Waals surface area contributed by atoms with Crippen molar-refractivity contribution in [1.82, 2.24) is 14.9 Å². The summed E-state index contributed by atoms with van der Waals surface area (Å²) in [5, 5.41) is 2.69. The molecule has 1 heterocycles. The molecule has 0 saturated heterocycles. The van der Waals surface area contributed by atoms with Crippen molar-refractivity contribution in [3.63, 3.8) is 0 Å². The van der Waals surface area contributed by atoms with E-state index in [0.717, 1.165) is 6.42 Å². The lowest BCUT2D eigenvalue weighted by molar-refractivity contribution is -0.116. The summed E-state index contributed by atoms with van der Waals surface area (Å²) < 4.78 is 12.9. The highest BCUT2D eigenvalue weighted by Gasteiger charge is 2.22. The maximum atomic E-state index is 12.9. The summed E-state index contributed by atoms with van der Waals surface area (Å²) in [6.07, 6.45) is 5.26. The molecule has 25 heavy (non-hydrogen) atoms. The van der Waals surface area contributed by atoms with Gasteiger partial charge >= 0.3 is 0 Å². The first-order valence-corrected chi connectivity index (χ1v) is 8.13. The van der Waals surface area contributed by atoms with Crippen LogP contribution >= 0.6 is 0 Å². The first-order valence-electron chi connectivity index (χ1n) is 8.13. The molecule has 7 heteroatoms. The maximum Gasteiger partial charge on any atom is 0.274 e. The monoisotopic (exact) mass is 344 g/mol. The largest absolute Gasteiger partial charge is 0.334 e. The fourth-order valence-corrected chi connectivity index (χ4v) is 2.28. The number of nitrogens with zero attached hydrogens (tertiary/aromatic N) is 3. The minimum Gasteiger partial charge on any atom is -0.334 e. The van der Waals surface area contributed by atoms with E-state index in [1.165, 1.54) is 42.9 Å². The van der Waals surface area contributed by atoms with Crippen molar-refractivity contribution in [1.29, 1.82) is 0 Å². The number of rotatable bonds is 7. The summed E-state index contributed by atoms with van der Waals surface area (Å²) in [6.45, 7) is 4.16. The second-order valence-electron chi connectivity index (χ2n) is 5.65. The average molecular weight is 344 g/mol. The summed E-state index contributed by atoms with van der Waals surface area (Å²) >= 11 is 0. The minimum atomic E-state index is -0.365. The van der Waals surface area contributed by atoms with Gasteiger partial charge in [0.2, 0.25) is 5.91 Å². The molecule has 0 aliphatic carbocycles. The third-order valence-corrected chi connectivity index (χ3v) is 3.87. The summed E-state index contributed by atoms with van der Waals surface area (Å²) in [7, 11) is 0. The Labute approximate surface area is 146 Å². The Morgan fingerprint density at radius 3 is 2.56 bits per heavy atom. The standard InChI is InChI=1S/C18H21FN4O2/c1-3-13(2)23(18(25)16-12-20-9-10-21-16)11-8-17(24)22-15-6-4-14(19)5-7-15/h4-7,9-10,12-13H,3,8,11H2,1-2H3,(H,22,24). The van der Waals surface area contributed by atoms with Gasteiger partial charge in [-0.05, 0) is 37.6 Å². The van der Waals surface area contributed by atoms with E-state index in [0.29, 0.717) is 5.69 Å². The number of hydrogen-bond acceptors (Lipinski definition) is 4. The molecule has 2 rings (SSSR count). The van der Waals surface area contributed by atoms with Crippen LogP contribution in [0.1, 0.15) is 37.2 Å². The molecule has 1 aromatic carbocycles. The van der Waals surface area contributed by atoms with Crippen molar-refractivity contribution < 1.29 is 14.0 Å². The molecule has 0 saturated carbocycles. The third kappa shape index (κ3) is 5.34. The Hall–Kier alpha value is -2.83. The number of halogens is 1. The molecule has 0 spiro atoms. The fourth-order valence-electron chi connectivity index (χ4n) is 2.28. The Kier molecular flexibility index (Phi) is 6.56. The van der Waals surface area contributed by atoms with Crippen LogP contribution in [0.3, 0.4) is 0 Å². The van der Waals surface area contributed by atoms with Crippen molar-refractivity contribution in [3.8, 4) is 0 Å². The van der Waals surface area contributed by atoms with Crippen LogP contribution < -0.4 is 5.32 Å². The van der Waals surface area contributed by atoms with Crippen LogP contribution in [0.5, 0.6) is 0 Å². The van der Waals surface area contributed by atoms with Crippen LogP contribution in [0, 0.1) is 5.82 Å². The number of nitrogens with one attached hydrogen (secondary N) is 1. The zero-order valence-corrected chi connectivity index (χ0v) is 14.3. The molecule has 0 radical (unpaired) electrons. The van der Waals surface area contributed by atoms with Gasteiger partial charge in [0.25, 0.3) is 5.91 Å². The summed E-state index contributed by atoms with van der Waals surface area (Å²) in [5.74, 6) is -0.862. The summed E-state index contributed by atoms with van der Waals surface area (Å²) in [6, 6.07) is 5.50. The second kappa shape index (κ2) is 8.86. The molecule has 0 bridgehead atoms. The molecule has 1 N–H and O–H groups in total. The van der Waals surface area contributed by atoms with E-state index >= 15 is 0 Å². The Morgan fingerprint density at radius 2 is 1.96 bits per heavy atom. The van der Waals surface area contributed by atoms with Gasteiger partial charge in [-0.15, -0.1) is 0 Å². The van der Waals surface area contributed by atoms with Gasteiger partial charge in [-0.2, -0.15) is 0 Å². The minimum absolute atomic E-state index is 0.0341. The van der Waals surface area contributed by atoms with Crippen molar-refractivity contribution in [3.05, 3.63) is 54.4 Å². The SMILES string of the molecule is CCC(C)N(CCC(=O)Nc1ccc(F)cc1)C(=O)c1cnccn1. The number of amides is 2. The third-order valence-electron chi connectivity index (χ3n) is 3.87. The van der Waals surface area contributed by atoms with Gasteiger partial charge in [0, 0.05) is 37.1 Å². The van der Waals surface area contributed by atoms with E-state index in [4.69, 9.17) is 0 Å². The molecule has 0 fully saturated rings. The topological polar surface area (TPSA) is 75.2 Å². The zero-order chi connectivity index (χ0) is 18.2. The second-order valence-corrected chi connectivity index (χ2v) is 5.65. The normalized spacial score (nSPS) is 11.6. The van der Waals surface area contributed by atoms with Gasteiger partial charge in [0.15, 0.2) is 0 Å². The number of aromatic nitrogens is 2. The number of anilines is 1. The van der Waals surface area contributed by atoms with Crippen LogP contribution in [-0.2, 0) is 4.79 Å². The van der Waals surface area contributed by atoms with Crippen LogP contribution in [0.25, 0.3) is 0 Å². The van der Waals surface area contributed by atoms with E-state index in [9.17, 15) is 14.0 Å². The highest BCUT2D eigenvalue weighted by molar-refractivity contribution is 5.94. The quantitative estimate of drug-likeness (QED) is 0.838. The molecular weight excluding hydrogens is 323 g/mol. The number of benzene rings is 1. The van der Waals surface area contributed by atoms with Gasteiger partial charge in [0.05, 0.1) is 6.20 Å². The molecule has 0 aliphatic rings. The van der Waals surface area contributed by atoms with Gasteiger partial charge in [-0.25, -0.2) is 9.37 Å². The number of hydrogen-bond donors (Lipinski definition) is 1. The Morgan fingerprint density at radius 1 is 1.24 bits per heavy atom. The van der Waals surface area contributed by atoms with Crippen molar-refractivity contribution in [2.45, 2.75) is 32.7 Å². The Bertz CT molecular complexity index is 707. The van der Waals surface area contributed by atoms with Crippen molar-refractivity contribution in [2.24, 2.45) is 0 Å². The van der Waals surface area contributed by atoms with E-state index in [1.807, 2.05) is 13.8 Å². The van der Waals surface area contributed by atoms with E-state index < -0.39 is 0 Å². The van der Waals surface area contributed by atoms with Gasteiger partial charge < -0.3 is 10.2 Å². The van der Waals surface area contributed by atoms with Crippen LogP contribution in [0.2, 0.25) is 0 Å².